The Morgan fingerprint density at radius 1 is 0.607 bits per heavy atom. The van der Waals surface area contributed by atoms with Gasteiger partial charge in [-0.25, -0.2) is 0 Å². The summed E-state index contributed by atoms with van der Waals surface area (Å²) in [7, 11) is 2.72. The number of fused-ring (bicyclic) bond motifs is 2. The maximum Gasteiger partial charge on any atom is 0.308 e. The molecule has 0 aliphatic heterocycles. The van der Waals surface area contributed by atoms with E-state index in [4.69, 9.17) is 18.9 Å². The summed E-state index contributed by atoms with van der Waals surface area (Å²) in [6, 6.07) is 5.58. The molecule has 0 unspecified atom stereocenters. The summed E-state index contributed by atoms with van der Waals surface area (Å²) in [5.74, 6) is -2.51. The van der Waals surface area contributed by atoms with Crippen LogP contribution in [0.25, 0.3) is 0 Å². The predicted octanol–water partition coefficient (Wildman–Crippen LogP) is 2.33. The van der Waals surface area contributed by atoms with Gasteiger partial charge in [0.15, 0.2) is 0 Å². The van der Waals surface area contributed by atoms with E-state index in [0.29, 0.717) is 0 Å². The Bertz CT molecular complexity index is 953. The van der Waals surface area contributed by atoms with Gasteiger partial charge in [0.1, 0.15) is 23.0 Å². The van der Waals surface area contributed by atoms with Crippen LogP contribution < -0.4 is 18.9 Å². The first kappa shape index (κ1) is 19.1. The van der Waals surface area contributed by atoms with E-state index < -0.39 is 23.5 Å². The molecule has 2 aromatic carbocycles. The molecule has 0 aromatic heterocycles. The smallest absolute Gasteiger partial charge is 0.308 e. The van der Waals surface area contributed by atoms with Gasteiger partial charge >= 0.3 is 11.9 Å². The highest BCUT2D eigenvalue weighted by Crippen LogP contribution is 2.44. The van der Waals surface area contributed by atoms with Crippen LogP contribution in [0.4, 0.5) is 0 Å². The molecule has 0 fully saturated rings. The SMILES string of the molecule is COc1ccc(OC)c2c1C(=O)c1c(OC(C)=O)ccc(OC(C)=O)c1C2=O. The molecule has 8 nitrogen and oxygen atoms in total. The van der Waals surface area contributed by atoms with Crippen LogP contribution in [0.3, 0.4) is 0 Å². The molecule has 1 aliphatic carbocycles. The van der Waals surface area contributed by atoms with Gasteiger partial charge in [0, 0.05) is 13.8 Å². The van der Waals surface area contributed by atoms with Crippen LogP contribution in [0.1, 0.15) is 45.7 Å². The Hall–Kier alpha value is -3.68. The lowest BCUT2D eigenvalue weighted by molar-refractivity contribution is -0.133. The van der Waals surface area contributed by atoms with E-state index in [2.05, 4.69) is 0 Å². The maximum absolute atomic E-state index is 13.3. The Kier molecular flexibility index (Phi) is 4.87. The van der Waals surface area contributed by atoms with Crippen molar-refractivity contribution < 1.29 is 38.1 Å². The minimum Gasteiger partial charge on any atom is -0.496 e. The molecule has 0 heterocycles. The Morgan fingerprint density at radius 3 is 1.18 bits per heavy atom. The van der Waals surface area contributed by atoms with Gasteiger partial charge in [-0.2, -0.15) is 0 Å². The van der Waals surface area contributed by atoms with Gasteiger partial charge in [-0.15, -0.1) is 0 Å². The molecule has 8 heteroatoms. The topological polar surface area (TPSA) is 105 Å². The van der Waals surface area contributed by atoms with Crippen LogP contribution in [0.15, 0.2) is 24.3 Å². The van der Waals surface area contributed by atoms with Gasteiger partial charge in [-0.3, -0.25) is 19.2 Å². The van der Waals surface area contributed by atoms with Crippen molar-refractivity contribution in [2.45, 2.75) is 13.8 Å². The monoisotopic (exact) mass is 384 g/mol. The number of carbonyl (C=O) groups excluding carboxylic acids is 4. The fourth-order valence-corrected chi connectivity index (χ4v) is 3.10. The molecule has 0 spiro atoms. The van der Waals surface area contributed by atoms with E-state index in [9.17, 15) is 19.2 Å². The summed E-state index contributed by atoms with van der Waals surface area (Å²) in [5, 5.41) is 0. The number of ether oxygens (including phenoxy) is 4. The third-order valence-corrected chi connectivity index (χ3v) is 4.11. The van der Waals surface area contributed by atoms with Crippen LogP contribution in [0, 0.1) is 0 Å². The standard InChI is InChI=1S/C20H16O8/c1-9(21)27-13-7-8-14(28-10(2)22)18-17(13)19(23)15-11(25-3)5-6-12(26-4)16(15)20(18)24/h5-8H,1-4H3. The average molecular weight is 384 g/mol. The molecule has 2 aromatic rings. The van der Waals surface area contributed by atoms with Crippen LogP contribution in [0.2, 0.25) is 0 Å². The molecule has 0 radical (unpaired) electrons. The average Bonchev–Trinajstić information content (AvgIpc) is 2.64. The summed E-state index contributed by atoms with van der Waals surface area (Å²) in [6.45, 7) is 2.33. The van der Waals surface area contributed by atoms with E-state index in [0.717, 1.165) is 0 Å². The second kappa shape index (κ2) is 7.15. The van der Waals surface area contributed by atoms with Gasteiger partial charge in [-0.1, -0.05) is 0 Å². The van der Waals surface area contributed by atoms with Crippen molar-refractivity contribution in [2.75, 3.05) is 14.2 Å². The molecule has 0 atom stereocenters. The van der Waals surface area contributed by atoms with Gasteiger partial charge in [-0.05, 0) is 24.3 Å². The zero-order valence-corrected chi connectivity index (χ0v) is 15.6. The molecule has 1 aliphatic rings. The van der Waals surface area contributed by atoms with Gasteiger partial charge in [0.25, 0.3) is 0 Å². The van der Waals surface area contributed by atoms with Crippen molar-refractivity contribution >= 4 is 23.5 Å². The zero-order valence-electron chi connectivity index (χ0n) is 15.6. The van der Waals surface area contributed by atoms with E-state index in [1.807, 2.05) is 0 Å². The van der Waals surface area contributed by atoms with E-state index in [1.54, 1.807) is 0 Å². The van der Waals surface area contributed by atoms with Crippen molar-refractivity contribution in [2.24, 2.45) is 0 Å². The van der Waals surface area contributed by atoms with Crippen molar-refractivity contribution in [3.8, 4) is 23.0 Å². The van der Waals surface area contributed by atoms with E-state index in [-0.39, 0.29) is 45.3 Å². The highest BCUT2D eigenvalue weighted by atomic mass is 16.5. The number of ketones is 2. The fraction of sp³-hybridized carbons (Fsp3) is 0.200. The maximum atomic E-state index is 13.3. The summed E-state index contributed by atoms with van der Waals surface area (Å²) in [4.78, 5) is 49.6. The van der Waals surface area contributed by atoms with Crippen molar-refractivity contribution in [1.82, 2.24) is 0 Å². The molecule has 0 N–H and O–H groups in total. The third-order valence-electron chi connectivity index (χ3n) is 4.11. The second-order valence-electron chi connectivity index (χ2n) is 5.88. The quantitative estimate of drug-likeness (QED) is 0.498. The molecular weight excluding hydrogens is 368 g/mol. The number of hydrogen-bond acceptors (Lipinski definition) is 8. The van der Waals surface area contributed by atoms with E-state index in [1.165, 1.54) is 52.3 Å². The lowest BCUT2D eigenvalue weighted by atomic mass is 9.82. The molecule has 0 saturated heterocycles. The Labute approximate surface area is 160 Å². The van der Waals surface area contributed by atoms with Crippen molar-refractivity contribution in [3.05, 3.63) is 46.5 Å². The second-order valence-corrected chi connectivity index (χ2v) is 5.88. The highest BCUT2D eigenvalue weighted by Gasteiger charge is 2.40. The first-order valence-corrected chi connectivity index (χ1v) is 8.18. The molecule has 0 saturated carbocycles. The van der Waals surface area contributed by atoms with Gasteiger partial charge < -0.3 is 18.9 Å². The lowest BCUT2D eigenvalue weighted by Crippen LogP contribution is -2.25. The van der Waals surface area contributed by atoms with Crippen molar-refractivity contribution in [3.63, 3.8) is 0 Å². The fourth-order valence-electron chi connectivity index (χ4n) is 3.10. The van der Waals surface area contributed by atoms with E-state index >= 15 is 0 Å². The molecular formula is C20H16O8. The molecule has 0 bridgehead atoms. The molecule has 28 heavy (non-hydrogen) atoms. The first-order valence-electron chi connectivity index (χ1n) is 8.18. The van der Waals surface area contributed by atoms with Crippen LogP contribution in [-0.2, 0) is 9.59 Å². The Balaban J connectivity index is 2.38. The van der Waals surface area contributed by atoms with Crippen LogP contribution in [-0.4, -0.2) is 37.7 Å². The number of hydrogen-bond donors (Lipinski definition) is 0. The minimum absolute atomic E-state index is 0.0206. The van der Waals surface area contributed by atoms with Gasteiger partial charge in [0.2, 0.25) is 11.6 Å². The summed E-state index contributed by atoms with van der Waals surface area (Å²) < 4.78 is 20.7. The first-order chi connectivity index (χ1) is 13.3. The Morgan fingerprint density at radius 2 is 0.893 bits per heavy atom. The zero-order chi connectivity index (χ0) is 20.6. The highest BCUT2D eigenvalue weighted by molar-refractivity contribution is 6.32. The molecule has 0 amide bonds. The molecule has 3 rings (SSSR count). The summed E-state index contributed by atoms with van der Waals surface area (Å²) in [5.41, 5.74) is -0.406. The predicted molar refractivity (Wildman–Crippen MR) is 95.5 cm³/mol. The number of rotatable bonds is 4. The van der Waals surface area contributed by atoms with Crippen LogP contribution >= 0.6 is 0 Å². The van der Waals surface area contributed by atoms with Gasteiger partial charge in [0.05, 0.1) is 36.5 Å². The van der Waals surface area contributed by atoms with Crippen molar-refractivity contribution in [1.29, 1.82) is 0 Å². The number of methoxy groups -OCH3 is 2. The number of benzene rings is 2. The van der Waals surface area contributed by atoms with Crippen LogP contribution in [0.5, 0.6) is 23.0 Å². The largest absolute Gasteiger partial charge is 0.496 e. The normalized spacial score (nSPS) is 12.0. The number of carbonyl (C=O) groups is 4. The third kappa shape index (κ3) is 2.98. The molecule has 144 valence electrons. The summed E-state index contributed by atoms with van der Waals surface area (Å²) >= 11 is 0. The minimum atomic E-state index is -0.675. The lowest BCUT2D eigenvalue weighted by Gasteiger charge is -2.24. The summed E-state index contributed by atoms with van der Waals surface area (Å²) in [6.07, 6.45) is 0. The number of esters is 2.